The van der Waals surface area contributed by atoms with Crippen molar-refractivity contribution >= 4 is 0 Å². The van der Waals surface area contributed by atoms with Gasteiger partial charge in [0.05, 0.1) is 6.61 Å². The van der Waals surface area contributed by atoms with Crippen LogP contribution in [-0.2, 0) is 4.74 Å². The van der Waals surface area contributed by atoms with Crippen LogP contribution >= 0.6 is 0 Å². The number of rotatable bonds is 3. The SMILES string of the molecule is CC1COCCCN1CC1(CN)CC1. The van der Waals surface area contributed by atoms with E-state index < -0.39 is 0 Å². The second-order valence-electron chi connectivity index (χ2n) is 4.95. The van der Waals surface area contributed by atoms with Crippen molar-refractivity contribution in [3.63, 3.8) is 0 Å². The fourth-order valence-corrected chi connectivity index (χ4v) is 2.22. The van der Waals surface area contributed by atoms with Gasteiger partial charge in [-0.25, -0.2) is 0 Å². The van der Waals surface area contributed by atoms with E-state index in [1.807, 2.05) is 0 Å². The molecule has 0 aromatic heterocycles. The first-order valence-corrected chi connectivity index (χ1v) is 5.78. The van der Waals surface area contributed by atoms with Crippen LogP contribution in [0.3, 0.4) is 0 Å². The Balaban J connectivity index is 1.88. The molecule has 1 aliphatic carbocycles. The monoisotopic (exact) mass is 198 g/mol. The van der Waals surface area contributed by atoms with Gasteiger partial charge in [0.1, 0.15) is 0 Å². The molecule has 2 fully saturated rings. The van der Waals surface area contributed by atoms with E-state index in [1.54, 1.807) is 0 Å². The third-order valence-electron chi connectivity index (χ3n) is 3.65. The molecule has 1 heterocycles. The van der Waals surface area contributed by atoms with Crippen LogP contribution in [0.4, 0.5) is 0 Å². The second kappa shape index (κ2) is 4.17. The van der Waals surface area contributed by atoms with Crippen LogP contribution in [0.2, 0.25) is 0 Å². The van der Waals surface area contributed by atoms with Gasteiger partial charge in [-0.15, -0.1) is 0 Å². The molecule has 82 valence electrons. The van der Waals surface area contributed by atoms with Crippen LogP contribution in [0, 0.1) is 5.41 Å². The highest BCUT2D eigenvalue weighted by Crippen LogP contribution is 2.45. The van der Waals surface area contributed by atoms with Crippen LogP contribution in [-0.4, -0.2) is 43.8 Å². The van der Waals surface area contributed by atoms with Crippen molar-refractivity contribution in [2.45, 2.75) is 32.2 Å². The molecule has 1 saturated carbocycles. The third kappa shape index (κ3) is 2.27. The lowest BCUT2D eigenvalue weighted by Gasteiger charge is -2.29. The standard InChI is InChI=1S/C11H22N2O/c1-10-7-14-6-2-5-13(10)9-11(8-12)3-4-11/h10H,2-9,12H2,1H3. The molecule has 2 rings (SSSR count). The average molecular weight is 198 g/mol. The summed E-state index contributed by atoms with van der Waals surface area (Å²) in [5, 5.41) is 0. The zero-order chi connectivity index (χ0) is 10.0. The lowest BCUT2D eigenvalue weighted by molar-refractivity contribution is 0.0994. The van der Waals surface area contributed by atoms with Crippen molar-refractivity contribution in [1.29, 1.82) is 0 Å². The number of hydrogen-bond acceptors (Lipinski definition) is 3. The highest BCUT2D eigenvalue weighted by Gasteiger charge is 2.43. The molecular formula is C11H22N2O. The minimum absolute atomic E-state index is 0.471. The molecule has 0 aromatic rings. The van der Waals surface area contributed by atoms with E-state index in [-0.39, 0.29) is 0 Å². The molecule has 3 heteroatoms. The summed E-state index contributed by atoms with van der Waals surface area (Å²) in [5.74, 6) is 0. The van der Waals surface area contributed by atoms with Crippen molar-refractivity contribution in [2.75, 3.05) is 32.8 Å². The lowest BCUT2D eigenvalue weighted by Crippen LogP contribution is -2.41. The first-order chi connectivity index (χ1) is 6.76. The quantitative estimate of drug-likeness (QED) is 0.730. The topological polar surface area (TPSA) is 38.5 Å². The van der Waals surface area contributed by atoms with E-state index in [2.05, 4.69) is 11.8 Å². The number of nitrogens with two attached hydrogens (primary N) is 1. The number of hydrogen-bond donors (Lipinski definition) is 1. The molecule has 3 nitrogen and oxygen atoms in total. The van der Waals surface area contributed by atoms with E-state index in [0.29, 0.717) is 11.5 Å². The van der Waals surface area contributed by atoms with Crippen LogP contribution in [0.1, 0.15) is 26.2 Å². The van der Waals surface area contributed by atoms with Gasteiger partial charge in [0.25, 0.3) is 0 Å². The first-order valence-electron chi connectivity index (χ1n) is 5.78. The van der Waals surface area contributed by atoms with Gasteiger partial charge in [-0.1, -0.05) is 0 Å². The Hall–Kier alpha value is -0.120. The van der Waals surface area contributed by atoms with Gasteiger partial charge in [0.2, 0.25) is 0 Å². The minimum Gasteiger partial charge on any atom is -0.380 e. The normalized spacial score (nSPS) is 32.6. The van der Waals surface area contributed by atoms with E-state index in [4.69, 9.17) is 10.5 Å². The summed E-state index contributed by atoms with van der Waals surface area (Å²) < 4.78 is 5.53. The largest absolute Gasteiger partial charge is 0.380 e. The Kier molecular flexibility index (Phi) is 3.10. The Morgan fingerprint density at radius 3 is 2.93 bits per heavy atom. The molecule has 1 aliphatic heterocycles. The molecule has 1 atom stereocenters. The van der Waals surface area contributed by atoms with Gasteiger partial charge < -0.3 is 10.5 Å². The second-order valence-corrected chi connectivity index (χ2v) is 4.95. The van der Waals surface area contributed by atoms with Crippen molar-refractivity contribution < 1.29 is 4.74 Å². The number of nitrogens with zero attached hydrogens (tertiary/aromatic N) is 1. The fraction of sp³-hybridized carbons (Fsp3) is 1.00. The van der Waals surface area contributed by atoms with E-state index in [0.717, 1.165) is 19.8 Å². The molecular weight excluding hydrogens is 176 g/mol. The Bertz CT molecular complexity index is 192. The van der Waals surface area contributed by atoms with Crippen LogP contribution in [0.25, 0.3) is 0 Å². The minimum atomic E-state index is 0.471. The molecule has 0 amide bonds. The van der Waals surface area contributed by atoms with Crippen molar-refractivity contribution in [3.8, 4) is 0 Å². The Morgan fingerprint density at radius 2 is 2.29 bits per heavy atom. The summed E-state index contributed by atoms with van der Waals surface area (Å²) in [6.45, 7) is 7.31. The molecule has 0 spiro atoms. The third-order valence-corrected chi connectivity index (χ3v) is 3.65. The summed E-state index contributed by atoms with van der Waals surface area (Å²) in [5.41, 5.74) is 6.28. The zero-order valence-electron chi connectivity index (χ0n) is 9.17. The summed E-state index contributed by atoms with van der Waals surface area (Å²) >= 11 is 0. The summed E-state index contributed by atoms with van der Waals surface area (Å²) in [6.07, 6.45) is 3.83. The van der Waals surface area contributed by atoms with Crippen molar-refractivity contribution in [3.05, 3.63) is 0 Å². The van der Waals surface area contributed by atoms with Crippen molar-refractivity contribution in [1.82, 2.24) is 4.90 Å². The molecule has 1 saturated heterocycles. The van der Waals surface area contributed by atoms with Gasteiger partial charge >= 0.3 is 0 Å². The van der Waals surface area contributed by atoms with Crippen LogP contribution in [0.15, 0.2) is 0 Å². The smallest absolute Gasteiger partial charge is 0.0619 e. The summed E-state index contributed by atoms with van der Waals surface area (Å²) in [6, 6.07) is 0.571. The maximum Gasteiger partial charge on any atom is 0.0619 e. The van der Waals surface area contributed by atoms with Gasteiger partial charge in [-0.05, 0) is 38.1 Å². The molecule has 0 bridgehead atoms. The van der Waals surface area contributed by atoms with E-state index in [1.165, 1.54) is 32.4 Å². The molecule has 1 unspecified atom stereocenters. The molecule has 0 radical (unpaired) electrons. The predicted molar refractivity (Wildman–Crippen MR) is 57.2 cm³/mol. The fourth-order valence-electron chi connectivity index (χ4n) is 2.22. The lowest BCUT2D eigenvalue weighted by atomic mass is 10.1. The van der Waals surface area contributed by atoms with Crippen LogP contribution in [0.5, 0.6) is 0 Å². The van der Waals surface area contributed by atoms with Gasteiger partial charge in [-0.2, -0.15) is 0 Å². The summed E-state index contributed by atoms with van der Waals surface area (Å²) in [7, 11) is 0. The maximum absolute atomic E-state index is 5.81. The molecule has 2 aliphatic rings. The molecule has 14 heavy (non-hydrogen) atoms. The maximum atomic E-state index is 5.81. The van der Waals surface area contributed by atoms with E-state index in [9.17, 15) is 0 Å². The predicted octanol–water partition coefficient (Wildman–Crippen LogP) is 0.836. The summed E-state index contributed by atoms with van der Waals surface area (Å²) in [4.78, 5) is 2.56. The molecule has 2 N–H and O–H groups in total. The molecule has 0 aromatic carbocycles. The number of ether oxygens (including phenoxy) is 1. The Morgan fingerprint density at radius 1 is 1.50 bits per heavy atom. The Labute approximate surface area is 86.6 Å². The first kappa shape index (κ1) is 10.4. The highest BCUT2D eigenvalue weighted by molar-refractivity contribution is 4.97. The van der Waals surface area contributed by atoms with Gasteiger partial charge in [0.15, 0.2) is 0 Å². The van der Waals surface area contributed by atoms with Gasteiger partial charge in [-0.3, -0.25) is 4.90 Å². The zero-order valence-corrected chi connectivity index (χ0v) is 9.17. The van der Waals surface area contributed by atoms with Gasteiger partial charge in [0, 0.05) is 25.7 Å². The average Bonchev–Trinajstić information content (AvgIpc) is 2.97. The van der Waals surface area contributed by atoms with Crippen LogP contribution < -0.4 is 5.73 Å². The highest BCUT2D eigenvalue weighted by atomic mass is 16.5. The van der Waals surface area contributed by atoms with Crippen molar-refractivity contribution in [2.24, 2.45) is 11.1 Å². The van der Waals surface area contributed by atoms with E-state index >= 15 is 0 Å².